The number of quaternary nitrogens is 1. The molecule has 1 atom stereocenters. The van der Waals surface area contributed by atoms with E-state index in [2.05, 4.69) is 14.0 Å². The summed E-state index contributed by atoms with van der Waals surface area (Å²) in [6.45, 7) is 6.84. The van der Waals surface area contributed by atoms with Crippen molar-refractivity contribution in [3.8, 4) is 0 Å². The third kappa shape index (κ3) is 13.2. The Morgan fingerprint density at radius 2 is 1.67 bits per heavy atom. The van der Waals surface area contributed by atoms with Crippen LogP contribution < -0.4 is 0 Å². The van der Waals surface area contributed by atoms with Crippen LogP contribution in [0.4, 0.5) is 0 Å². The first-order chi connectivity index (χ1) is 9.83. The van der Waals surface area contributed by atoms with Crippen molar-refractivity contribution in [2.45, 2.75) is 32.6 Å². The highest BCUT2D eigenvalue weighted by Gasteiger charge is 2.20. The number of unbranched alkanes of at least 4 members (excludes halogenated alkanes) is 2. The van der Waals surface area contributed by atoms with Crippen LogP contribution in [0.25, 0.3) is 0 Å². The zero-order chi connectivity index (χ0) is 16.2. The lowest BCUT2D eigenvalue weighted by molar-refractivity contribution is -0.910. The van der Waals surface area contributed by atoms with Gasteiger partial charge in [-0.15, -0.1) is 0 Å². The van der Waals surface area contributed by atoms with E-state index in [0.717, 1.165) is 43.4 Å². The molecule has 0 bridgehead atoms. The lowest BCUT2D eigenvalue weighted by Gasteiger charge is -2.34. The largest absolute Gasteiger partial charge is 0.748 e. The molecule has 0 aromatic carbocycles. The minimum Gasteiger partial charge on any atom is -0.748 e. The summed E-state index contributed by atoms with van der Waals surface area (Å²) in [5.74, 6) is -0.259. The standard InChI is InChI=1S/C14H31NO5S/c1-4-5-8-15(2,10-11-20-13-12-19-3)9-6-7-14-21(16,17)18/h4-14H2,1-3H3. The van der Waals surface area contributed by atoms with Crippen LogP contribution in [0.15, 0.2) is 0 Å². The second kappa shape index (κ2) is 11.4. The van der Waals surface area contributed by atoms with Crippen LogP contribution in [0.1, 0.15) is 32.6 Å². The summed E-state index contributed by atoms with van der Waals surface area (Å²) in [6, 6.07) is 0. The minimum absolute atomic E-state index is 0.259. The van der Waals surface area contributed by atoms with Crippen LogP contribution >= 0.6 is 0 Å². The molecule has 0 N–H and O–H groups in total. The van der Waals surface area contributed by atoms with Crippen molar-refractivity contribution in [3.63, 3.8) is 0 Å². The third-order valence-electron chi connectivity index (χ3n) is 3.60. The van der Waals surface area contributed by atoms with Gasteiger partial charge in [0, 0.05) is 12.9 Å². The fraction of sp³-hybridized carbons (Fsp3) is 1.00. The molecule has 6 nitrogen and oxygen atoms in total. The topological polar surface area (TPSA) is 75.7 Å². The summed E-state index contributed by atoms with van der Waals surface area (Å²) in [6.07, 6.45) is 3.46. The number of ether oxygens (including phenoxy) is 2. The van der Waals surface area contributed by atoms with Gasteiger partial charge in [0.2, 0.25) is 0 Å². The Kier molecular flexibility index (Phi) is 11.3. The molecule has 128 valence electrons. The van der Waals surface area contributed by atoms with E-state index in [1.54, 1.807) is 7.11 Å². The molecule has 0 aliphatic rings. The fourth-order valence-corrected chi connectivity index (χ4v) is 2.73. The molecule has 0 amide bonds. The monoisotopic (exact) mass is 325 g/mol. The number of hydrogen-bond acceptors (Lipinski definition) is 5. The van der Waals surface area contributed by atoms with Crippen LogP contribution in [0.3, 0.4) is 0 Å². The van der Waals surface area contributed by atoms with E-state index in [4.69, 9.17) is 9.47 Å². The van der Waals surface area contributed by atoms with E-state index < -0.39 is 10.1 Å². The van der Waals surface area contributed by atoms with Gasteiger partial charge in [-0.3, -0.25) is 0 Å². The van der Waals surface area contributed by atoms with E-state index in [-0.39, 0.29) is 5.75 Å². The molecule has 0 radical (unpaired) electrons. The van der Waals surface area contributed by atoms with Crippen molar-refractivity contribution >= 4 is 10.1 Å². The predicted molar refractivity (Wildman–Crippen MR) is 82.2 cm³/mol. The molecule has 0 aliphatic carbocycles. The van der Waals surface area contributed by atoms with Gasteiger partial charge in [-0.2, -0.15) is 0 Å². The molecule has 0 spiro atoms. The maximum absolute atomic E-state index is 10.6. The predicted octanol–water partition coefficient (Wildman–Crippen LogP) is 1.22. The first-order valence-corrected chi connectivity index (χ1v) is 9.24. The van der Waals surface area contributed by atoms with Crippen molar-refractivity contribution < 1.29 is 26.9 Å². The van der Waals surface area contributed by atoms with Gasteiger partial charge in [-0.1, -0.05) is 13.3 Å². The molecule has 7 heteroatoms. The Balaban J connectivity index is 4.08. The molecule has 1 unspecified atom stereocenters. The van der Waals surface area contributed by atoms with Gasteiger partial charge < -0.3 is 18.5 Å². The van der Waals surface area contributed by atoms with Crippen molar-refractivity contribution in [1.29, 1.82) is 0 Å². The second-order valence-electron chi connectivity index (χ2n) is 5.72. The van der Waals surface area contributed by atoms with Crippen LogP contribution in [0, 0.1) is 0 Å². The van der Waals surface area contributed by atoms with Gasteiger partial charge in [0.05, 0.1) is 50.1 Å². The van der Waals surface area contributed by atoms with Crippen molar-refractivity contribution in [3.05, 3.63) is 0 Å². The highest BCUT2D eigenvalue weighted by atomic mass is 32.2. The Bertz CT molecular complexity index is 347. The number of rotatable bonds is 14. The smallest absolute Gasteiger partial charge is 0.102 e. The van der Waals surface area contributed by atoms with Crippen molar-refractivity contribution in [2.75, 3.05) is 59.4 Å². The van der Waals surface area contributed by atoms with E-state index in [1.165, 1.54) is 0 Å². The zero-order valence-corrected chi connectivity index (χ0v) is 14.5. The van der Waals surface area contributed by atoms with E-state index in [1.807, 2.05) is 0 Å². The van der Waals surface area contributed by atoms with Crippen LogP contribution in [-0.4, -0.2) is 76.8 Å². The molecular weight excluding hydrogens is 294 g/mol. The number of hydrogen-bond donors (Lipinski definition) is 0. The molecule has 0 fully saturated rings. The normalized spacial score (nSPS) is 15.0. The lowest BCUT2D eigenvalue weighted by Crippen LogP contribution is -2.48. The Hall–Kier alpha value is -0.210. The van der Waals surface area contributed by atoms with Gasteiger partial charge in [-0.05, 0) is 19.3 Å². The first kappa shape index (κ1) is 20.8. The SMILES string of the molecule is CCCC[N+](C)(CCCCS(=O)(=O)[O-])CCOCCOC. The molecule has 21 heavy (non-hydrogen) atoms. The molecular formula is C14H31NO5S. The minimum atomic E-state index is -4.08. The Labute approximate surface area is 129 Å². The Morgan fingerprint density at radius 1 is 1.00 bits per heavy atom. The van der Waals surface area contributed by atoms with E-state index >= 15 is 0 Å². The number of likely N-dealkylation sites (N-methyl/N-ethyl adjacent to an activating group) is 1. The first-order valence-electron chi connectivity index (χ1n) is 7.67. The number of methoxy groups -OCH3 is 1. The quantitative estimate of drug-likeness (QED) is 0.273. The molecule has 0 aliphatic heterocycles. The zero-order valence-electron chi connectivity index (χ0n) is 13.7. The van der Waals surface area contributed by atoms with Crippen LogP contribution in [0.5, 0.6) is 0 Å². The summed E-state index contributed by atoms with van der Waals surface area (Å²) in [4.78, 5) is 0. The molecule has 0 saturated carbocycles. The molecule has 0 heterocycles. The van der Waals surface area contributed by atoms with Gasteiger partial charge >= 0.3 is 0 Å². The third-order valence-corrected chi connectivity index (χ3v) is 4.39. The number of nitrogens with zero attached hydrogens (tertiary/aromatic N) is 1. The average Bonchev–Trinajstić information content (AvgIpc) is 2.40. The highest BCUT2D eigenvalue weighted by Crippen LogP contribution is 2.09. The van der Waals surface area contributed by atoms with E-state index in [0.29, 0.717) is 26.2 Å². The fourth-order valence-electron chi connectivity index (χ4n) is 2.18. The van der Waals surface area contributed by atoms with E-state index in [9.17, 15) is 13.0 Å². The summed E-state index contributed by atoms with van der Waals surface area (Å²) in [5.41, 5.74) is 0. The summed E-state index contributed by atoms with van der Waals surface area (Å²) >= 11 is 0. The van der Waals surface area contributed by atoms with Gasteiger partial charge in [0.1, 0.15) is 6.54 Å². The molecule has 0 aromatic rings. The molecule has 0 aromatic heterocycles. The van der Waals surface area contributed by atoms with Gasteiger partial charge in [0.15, 0.2) is 0 Å². The Morgan fingerprint density at radius 3 is 2.24 bits per heavy atom. The average molecular weight is 325 g/mol. The maximum Gasteiger partial charge on any atom is 0.102 e. The summed E-state index contributed by atoms with van der Waals surface area (Å²) < 4.78 is 43.1. The second-order valence-corrected chi connectivity index (χ2v) is 7.24. The summed E-state index contributed by atoms with van der Waals surface area (Å²) in [5, 5.41) is 0. The lowest BCUT2D eigenvalue weighted by atomic mass is 10.2. The molecule has 0 rings (SSSR count). The van der Waals surface area contributed by atoms with Gasteiger partial charge in [-0.25, -0.2) is 8.42 Å². The van der Waals surface area contributed by atoms with Crippen molar-refractivity contribution in [2.24, 2.45) is 0 Å². The maximum atomic E-state index is 10.6. The highest BCUT2D eigenvalue weighted by molar-refractivity contribution is 7.85. The molecule has 0 saturated heterocycles. The van der Waals surface area contributed by atoms with Crippen LogP contribution in [-0.2, 0) is 19.6 Å². The van der Waals surface area contributed by atoms with Gasteiger partial charge in [0.25, 0.3) is 0 Å². The van der Waals surface area contributed by atoms with Crippen LogP contribution in [0.2, 0.25) is 0 Å². The van der Waals surface area contributed by atoms with Crippen molar-refractivity contribution in [1.82, 2.24) is 0 Å². The summed E-state index contributed by atoms with van der Waals surface area (Å²) in [7, 11) is -0.266.